The summed E-state index contributed by atoms with van der Waals surface area (Å²) in [6, 6.07) is 17.2. The molecule has 4 rings (SSSR count). The van der Waals surface area contributed by atoms with Crippen molar-refractivity contribution in [3.05, 3.63) is 70.6 Å². The van der Waals surface area contributed by atoms with E-state index in [9.17, 15) is 4.79 Å². The summed E-state index contributed by atoms with van der Waals surface area (Å²) in [6.45, 7) is 8.40. The summed E-state index contributed by atoms with van der Waals surface area (Å²) in [6.07, 6.45) is 0. The van der Waals surface area contributed by atoms with Gasteiger partial charge < -0.3 is 5.73 Å². The van der Waals surface area contributed by atoms with Crippen LogP contribution in [0.3, 0.4) is 0 Å². The van der Waals surface area contributed by atoms with E-state index < -0.39 is 0 Å². The number of anilines is 1. The van der Waals surface area contributed by atoms with Crippen LogP contribution in [0.1, 0.15) is 33.3 Å². The Morgan fingerprint density at radius 3 is 2.23 bits per heavy atom. The molecular formula is C20H25N5O. The van der Waals surface area contributed by atoms with Crippen molar-refractivity contribution in [2.24, 2.45) is 0 Å². The van der Waals surface area contributed by atoms with E-state index in [0.717, 1.165) is 16.5 Å². The molecule has 136 valence electrons. The number of benzene rings is 2. The lowest BCUT2D eigenvalue weighted by Gasteiger charge is -2.00. The van der Waals surface area contributed by atoms with E-state index in [-0.39, 0.29) is 11.6 Å². The average molecular weight is 351 g/mol. The highest BCUT2D eigenvalue weighted by molar-refractivity contribution is 5.91. The zero-order valence-corrected chi connectivity index (χ0v) is 15.7. The number of fused-ring (bicyclic) bond motifs is 3. The van der Waals surface area contributed by atoms with Gasteiger partial charge >= 0.3 is 5.69 Å². The van der Waals surface area contributed by atoms with Gasteiger partial charge in [-0.2, -0.15) is 0 Å². The molecule has 6 heteroatoms. The molecule has 2 heterocycles. The summed E-state index contributed by atoms with van der Waals surface area (Å²) in [7, 11) is 0. The second-order valence-corrected chi connectivity index (χ2v) is 5.07. The summed E-state index contributed by atoms with van der Waals surface area (Å²) in [5.74, 6) is 0.151. The van der Waals surface area contributed by atoms with Crippen LogP contribution in [0.2, 0.25) is 0 Å². The second-order valence-electron chi connectivity index (χ2n) is 5.07. The molecule has 0 spiro atoms. The van der Waals surface area contributed by atoms with Crippen molar-refractivity contribution in [2.75, 3.05) is 5.73 Å². The Bertz CT molecular complexity index is 1030. The van der Waals surface area contributed by atoms with Crippen LogP contribution in [-0.4, -0.2) is 19.2 Å². The van der Waals surface area contributed by atoms with E-state index in [1.165, 1.54) is 9.08 Å². The normalized spacial score (nSPS) is 10.0. The summed E-state index contributed by atoms with van der Waals surface area (Å²) < 4.78 is 2.76. The standard InChI is InChI=1S/C16H13N5O.2C2H6/c17-15-18-13-9-5-4-8-12(13)14-19-20(16(22)21(14)15)10-11-6-2-1-3-7-11;2*1-2/h1-9H,10H2,(H2,17,18);2*1-2H3. The van der Waals surface area contributed by atoms with Crippen LogP contribution in [0.5, 0.6) is 0 Å². The van der Waals surface area contributed by atoms with E-state index in [2.05, 4.69) is 10.1 Å². The van der Waals surface area contributed by atoms with Gasteiger partial charge in [-0.1, -0.05) is 70.2 Å². The maximum atomic E-state index is 12.5. The molecule has 2 N–H and O–H groups in total. The number of para-hydroxylation sites is 1. The summed E-state index contributed by atoms with van der Waals surface area (Å²) in [4.78, 5) is 16.8. The van der Waals surface area contributed by atoms with E-state index in [4.69, 9.17) is 5.73 Å². The molecule has 0 unspecified atom stereocenters. The molecule has 26 heavy (non-hydrogen) atoms. The van der Waals surface area contributed by atoms with E-state index in [1.807, 2.05) is 82.3 Å². The first-order valence-corrected chi connectivity index (χ1v) is 8.92. The maximum absolute atomic E-state index is 12.5. The quantitative estimate of drug-likeness (QED) is 0.597. The van der Waals surface area contributed by atoms with Crippen LogP contribution in [0.15, 0.2) is 59.4 Å². The molecule has 0 atom stereocenters. The molecule has 2 aromatic carbocycles. The highest BCUT2D eigenvalue weighted by Crippen LogP contribution is 2.17. The topological polar surface area (TPSA) is 78.2 Å². The minimum Gasteiger partial charge on any atom is -0.369 e. The van der Waals surface area contributed by atoms with Crippen molar-refractivity contribution in [2.45, 2.75) is 34.2 Å². The predicted octanol–water partition coefficient (Wildman–Crippen LogP) is 3.73. The van der Waals surface area contributed by atoms with Gasteiger partial charge in [-0.05, 0) is 17.7 Å². The average Bonchev–Trinajstić information content (AvgIpc) is 3.03. The molecule has 6 nitrogen and oxygen atoms in total. The number of hydrogen-bond acceptors (Lipinski definition) is 4. The molecule has 0 fully saturated rings. The van der Waals surface area contributed by atoms with Crippen molar-refractivity contribution in [3.63, 3.8) is 0 Å². The number of rotatable bonds is 2. The molecular weight excluding hydrogens is 326 g/mol. The smallest absolute Gasteiger partial charge is 0.353 e. The van der Waals surface area contributed by atoms with Gasteiger partial charge in [-0.25, -0.2) is 18.9 Å². The molecule has 0 aliphatic rings. The summed E-state index contributed by atoms with van der Waals surface area (Å²) in [5, 5.41) is 5.25. The van der Waals surface area contributed by atoms with Gasteiger partial charge in [0.15, 0.2) is 5.65 Å². The number of hydrogen-bond donors (Lipinski definition) is 1. The van der Waals surface area contributed by atoms with Gasteiger partial charge in [0.25, 0.3) is 0 Å². The van der Waals surface area contributed by atoms with Crippen molar-refractivity contribution in [3.8, 4) is 0 Å². The van der Waals surface area contributed by atoms with Crippen LogP contribution in [0.4, 0.5) is 5.95 Å². The van der Waals surface area contributed by atoms with Gasteiger partial charge in [-0.3, -0.25) is 0 Å². The summed E-state index contributed by atoms with van der Waals surface area (Å²) in [5.41, 5.74) is 7.91. The molecule has 0 bridgehead atoms. The Morgan fingerprint density at radius 2 is 1.54 bits per heavy atom. The van der Waals surface area contributed by atoms with Gasteiger partial charge in [0.2, 0.25) is 5.95 Å². The third kappa shape index (κ3) is 3.59. The number of nitrogens with two attached hydrogens (primary N) is 1. The third-order valence-electron chi connectivity index (χ3n) is 3.62. The van der Waals surface area contributed by atoms with Crippen LogP contribution >= 0.6 is 0 Å². The largest absolute Gasteiger partial charge is 0.369 e. The Hall–Kier alpha value is -3.15. The molecule has 0 amide bonds. The molecule has 4 aromatic rings. The minimum absolute atomic E-state index is 0.151. The first-order chi connectivity index (χ1) is 12.7. The SMILES string of the molecule is CC.CC.Nc1nc2ccccc2c2nn(Cc3ccccc3)c(=O)n12. The monoisotopic (exact) mass is 351 g/mol. The zero-order chi connectivity index (χ0) is 19.1. The third-order valence-corrected chi connectivity index (χ3v) is 3.62. The van der Waals surface area contributed by atoms with Crippen molar-refractivity contribution < 1.29 is 0 Å². The fourth-order valence-corrected chi connectivity index (χ4v) is 2.58. The minimum atomic E-state index is -0.283. The highest BCUT2D eigenvalue weighted by atomic mass is 16.2. The number of aromatic nitrogens is 4. The van der Waals surface area contributed by atoms with Crippen LogP contribution < -0.4 is 11.4 Å². The van der Waals surface area contributed by atoms with Crippen molar-refractivity contribution in [1.82, 2.24) is 19.2 Å². The van der Waals surface area contributed by atoms with Crippen molar-refractivity contribution >= 4 is 22.5 Å². The Kier molecular flexibility index (Phi) is 6.49. The van der Waals surface area contributed by atoms with Gasteiger partial charge in [0.05, 0.1) is 12.1 Å². The fourth-order valence-electron chi connectivity index (χ4n) is 2.58. The predicted molar refractivity (Wildman–Crippen MR) is 107 cm³/mol. The van der Waals surface area contributed by atoms with Crippen LogP contribution in [-0.2, 0) is 6.54 Å². The van der Waals surface area contributed by atoms with Gasteiger partial charge in [0, 0.05) is 5.39 Å². The van der Waals surface area contributed by atoms with E-state index >= 15 is 0 Å². The van der Waals surface area contributed by atoms with Gasteiger partial charge in [-0.15, -0.1) is 5.10 Å². The maximum Gasteiger partial charge on any atom is 0.353 e. The fraction of sp³-hybridized carbons (Fsp3) is 0.250. The number of nitrogen functional groups attached to an aromatic ring is 1. The lowest BCUT2D eigenvalue weighted by molar-refractivity contribution is 0.659. The zero-order valence-electron chi connectivity index (χ0n) is 15.7. The molecule has 0 radical (unpaired) electrons. The first-order valence-electron chi connectivity index (χ1n) is 8.92. The second kappa shape index (κ2) is 8.80. The van der Waals surface area contributed by atoms with E-state index in [0.29, 0.717) is 12.2 Å². The highest BCUT2D eigenvalue weighted by Gasteiger charge is 2.14. The van der Waals surface area contributed by atoms with Crippen molar-refractivity contribution in [1.29, 1.82) is 0 Å². The molecule has 0 saturated heterocycles. The van der Waals surface area contributed by atoms with Crippen LogP contribution in [0.25, 0.3) is 16.6 Å². The van der Waals surface area contributed by atoms with Crippen LogP contribution in [0, 0.1) is 0 Å². The Labute approximate surface area is 152 Å². The molecule has 2 aromatic heterocycles. The van der Waals surface area contributed by atoms with E-state index in [1.54, 1.807) is 0 Å². The molecule has 0 aliphatic heterocycles. The first kappa shape index (κ1) is 19.2. The van der Waals surface area contributed by atoms with Gasteiger partial charge in [0.1, 0.15) is 0 Å². The lowest BCUT2D eigenvalue weighted by Crippen LogP contribution is -2.23. The molecule has 0 aliphatic carbocycles. The molecule has 0 saturated carbocycles. The summed E-state index contributed by atoms with van der Waals surface area (Å²) >= 11 is 0. The Balaban J connectivity index is 0.000000570. The lowest BCUT2D eigenvalue weighted by atomic mass is 10.2. The Morgan fingerprint density at radius 1 is 0.923 bits per heavy atom. The number of nitrogens with zero attached hydrogens (tertiary/aromatic N) is 4.